The first-order valence-electron chi connectivity index (χ1n) is 10.8. The van der Waals surface area contributed by atoms with E-state index in [9.17, 15) is 9.59 Å². The summed E-state index contributed by atoms with van der Waals surface area (Å²) in [4.78, 5) is 32.3. The lowest BCUT2D eigenvalue weighted by molar-refractivity contribution is 0.0101. The Hall–Kier alpha value is -2.93. The highest BCUT2D eigenvalue weighted by molar-refractivity contribution is 5.95. The van der Waals surface area contributed by atoms with Crippen LogP contribution in [0.5, 0.6) is 5.75 Å². The molecule has 1 N–H and O–H groups in total. The monoisotopic (exact) mass is 423 g/mol. The number of nitrogens with zero attached hydrogens (tertiary/aromatic N) is 3. The molecule has 2 aliphatic rings. The van der Waals surface area contributed by atoms with Crippen molar-refractivity contribution in [2.75, 3.05) is 26.7 Å². The van der Waals surface area contributed by atoms with Crippen molar-refractivity contribution >= 4 is 11.9 Å². The summed E-state index contributed by atoms with van der Waals surface area (Å²) in [5.41, 5.74) is 4.21. The average Bonchev–Trinajstić information content (AvgIpc) is 2.79. The molecule has 164 valence electrons. The van der Waals surface area contributed by atoms with Gasteiger partial charge in [-0.25, -0.2) is 9.78 Å². The minimum absolute atomic E-state index is 0.0540. The summed E-state index contributed by atoms with van der Waals surface area (Å²) >= 11 is 0. The highest BCUT2D eigenvalue weighted by Crippen LogP contribution is 2.39. The summed E-state index contributed by atoms with van der Waals surface area (Å²) in [6.45, 7) is 6.44. The third-order valence-corrected chi connectivity index (χ3v) is 6.82. The molecule has 0 bridgehead atoms. The topological polar surface area (TPSA) is 83.0 Å². The highest BCUT2D eigenvalue weighted by atomic mass is 16.5. The molecule has 31 heavy (non-hydrogen) atoms. The molecule has 2 saturated heterocycles. The van der Waals surface area contributed by atoms with Crippen LogP contribution in [-0.2, 0) is 0 Å². The molecule has 2 aliphatic heterocycles. The third kappa shape index (κ3) is 4.02. The Morgan fingerprint density at radius 3 is 2.58 bits per heavy atom. The van der Waals surface area contributed by atoms with Crippen molar-refractivity contribution in [2.45, 2.75) is 45.2 Å². The molecular formula is C24H29N3O4. The van der Waals surface area contributed by atoms with Crippen LogP contribution in [0.25, 0.3) is 0 Å². The molecule has 1 aromatic heterocycles. The van der Waals surface area contributed by atoms with E-state index in [0.29, 0.717) is 30.7 Å². The van der Waals surface area contributed by atoms with E-state index in [1.807, 2.05) is 4.90 Å². The molecule has 0 spiro atoms. The van der Waals surface area contributed by atoms with Crippen LogP contribution in [0.15, 0.2) is 30.5 Å². The van der Waals surface area contributed by atoms with Crippen LogP contribution in [0, 0.1) is 13.8 Å². The number of rotatable bonds is 4. The van der Waals surface area contributed by atoms with Crippen molar-refractivity contribution < 1.29 is 19.4 Å². The van der Waals surface area contributed by atoms with E-state index in [1.165, 1.54) is 29.0 Å². The summed E-state index contributed by atoms with van der Waals surface area (Å²) in [7, 11) is 1.71. The molecule has 1 amide bonds. The van der Waals surface area contributed by atoms with Gasteiger partial charge in [0.2, 0.25) is 0 Å². The van der Waals surface area contributed by atoms with Crippen LogP contribution >= 0.6 is 0 Å². The van der Waals surface area contributed by atoms with Gasteiger partial charge in [0.15, 0.2) is 0 Å². The number of carboxylic acid groups (broad SMARTS) is 1. The molecule has 4 rings (SSSR count). The van der Waals surface area contributed by atoms with Crippen molar-refractivity contribution in [3.05, 3.63) is 58.4 Å². The number of aromatic carboxylic acids is 1. The SMILES string of the molecule is COc1ccc([C@H]2CCC[C@H]3CN(C(=O)c4ccc(C(=O)O)nc4)CCN32)c(C)c1C. The normalized spacial score (nSPS) is 21.5. The molecule has 2 aromatic rings. The van der Waals surface area contributed by atoms with E-state index in [0.717, 1.165) is 31.6 Å². The average molecular weight is 424 g/mol. The van der Waals surface area contributed by atoms with Crippen molar-refractivity contribution in [3.63, 3.8) is 0 Å². The summed E-state index contributed by atoms with van der Waals surface area (Å²) in [5, 5.41) is 9.01. The summed E-state index contributed by atoms with van der Waals surface area (Å²) in [6.07, 6.45) is 4.70. The number of carbonyl (C=O) groups excluding carboxylic acids is 1. The predicted molar refractivity (Wildman–Crippen MR) is 117 cm³/mol. The summed E-state index contributed by atoms with van der Waals surface area (Å²) in [6, 6.07) is 7.88. The largest absolute Gasteiger partial charge is 0.496 e. The maximum Gasteiger partial charge on any atom is 0.354 e. The molecular weight excluding hydrogens is 394 g/mol. The van der Waals surface area contributed by atoms with Crippen LogP contribution in [0.1, 0.15) is 62.8 Å². The number of methoxy groups -OCH3 is 1. The smallest absolute Gasteiger partial charge is 0.354 e. The van der Waals surface area contributed by atoms with E-state index in [-0.39, 0.29) is 11.6 Å². The first-order valence-corrected chi connectivity index (χ1v) is 10.8. The second kappa shape index (κ2) is 8.67. The molecule has 3 heterocycles. The first kappa shape index (κ1) is 21.3. The molecule has 7 nitrogen and oxygen atoms in total. The van der Waals surface area contributed by atoms with Gasteiger partial charge in [-0.2, -0.15) is 0 Å². The van der Waals surface area contributed by atoms with Crippen LogP contribution in [-0.4, -0.2) is 64.6 Å². The van der Waals surface area contributed by atoms with Crippen molar-refractivity contribution in [2.24, 2.45) is 0 Å². The van der Waals surface area contributed by atoms with Crippen molar-refractivity contribution in [1.29, 1.82) is 0 Å². The van der Waals surface area contributed by atoms with Crippen LogP contribution in [0.2, 0.25) is 0 Å². The maximum atomic E-state index is 13.0. The number of hydrogen-bond acceptors (Lipinski definition) is 5. The fourth-order valence-corrected chi connectivity index (χ4v) is 5.00. The van der Waals surface area contributed by atoms with E-state index >= 15 is 0 Å². The lowest BCUT2D eigenvalue weighted by Crippen LogP contribution is -2.57. The number of hydrogen-bond donors (Lipinski definition) is 1. The Balaban J connectivity index is 1.50. The van der Waals surface area contributed by atoms with Crippen LogP contribution in [0.4, 0.5) is 0 Å². The standard InChI is InChI=1S/C24H29N3O4/c1-15-16(2)22(31-3)10-8-19(15)21-6-4-5-18-14-26(11-12-27(18)21)23(28)17-7-9-20(24(29)30)25-13-17/h7-10,13,18,21H,4-6,11-12,14H2,1-3H3,(H,29,30)/t18-,21+/m0/s1. The second-order valence-electron chi connectivity index (χ2n) is 8.43. The van der Waals surface area contributed by atoms with Crippen LogP contribution < -0.4 is 4.74 Å². The van der Waals surface area contributed by atoms with Gasteiger partial charge < -0.3 is 14.7 Å². The molecule has 1 aromatic carbocycles. The van der Waals surface area contributed by atoms with Gasteiger partial charge in [0.1, 0.15) is 11.4 Å². The number of piperidine rings is 1. The molecule has 0 saturated carbocycles. The van der Waals surface area contributed by atoms with E-state index in [1.54, 1.807) is 13.2 Å². The Morgan fingerprint density at radius 1 is 1.10 bits per heavy atom. The van der Waals surface area contributed by atoms with Crippen molar-refractivity contribution in [3.8, 4) is 5.75 Å². The lowest BCUT2D eigenvalue weighted by Gasteiger charge is -2.48. The molecule has 0 unspecified atom stereocenters. The summed E-state index contributed by atoms with van der Waals surface area (Å²) in [5.74, 6) is -0.251. The van der Waals surface area contributed by atoms with E-state index < -0.39 is 5.97 Å². The van der Waals surface area contributed by atoms with Gasteiger partial charge in [0, 0.05) is 37.9 Å². The summed E-state index contributed by atoms with van der Waals surface area (Å²) < 4.78 is 5.48. The second-order valence-corrected chi connectivity index (χ2v) is 8.43. The molecule has 0 radical (unpaired) electrons. The molecule has 7 heteroatoms. The minimum atomic E-state index is -1.09. The number of benzene rings is 1. The van der Waals surface area contributed by atoms with Gasteiger partial charge in [0.05, 0.1) is 12.7 Å². The lowest BCUT2D eigenvalue weighted by atomic mass is 9.86. The fourth-order valence-electron chi connectivity index (χ4n) is 5.00. The van der Waals surface area contributed by atoms with E-state index in [4.69, 9.17) is 9.84 Å². The maximum absolute atomic E-state index is 13.0. The van der Waals surface area contributed by atoms with Crippen LogP contribution in [0.3, 0.4) is 0 Å². The van der Waals surface area contributed by atoms with Gasteiger partial charge in [-0.15, -0.1) is 0 Å². The molecule has 2 atom stereocenters. The predicted octanol–water partition coefficient (Wildman–Crippen LogP) is 3.46. The molecule has 2 fully saturated rings. The zero-order valence-corrected chi connectivity index (χ0v) is 18.3. The third-order valence-electron chi connectivity index (χ3n) is 6.82. The Morgan fingerprint density at radius 2 is 1.90 bits per heavy atom. The number of pyridine rings is 1. The van der Waals surface area contributed by atoms with E-state index in [2.05, 4.69) is 35.9 Å². The number of ether oxygens (including phenoxy) is 1. The number of fused-ring (bicyclic) bond motifs is 1. The molecule has 0 aliphatic carbocycles. The van der Waals surface area contributed by atoms with Gasteiger partial charge in [-0.3, -0.25) is 9.69 Å². The zero-order valence-electron chi connectivity index (χ0n) is 18.3. The minimum Gasteiger partial charge on any atom is -0.496 e. The Bertz CT molecular complexity index is 989. The Labute approximate surface area is 182 Å². The quantitative estimate of drug-likeness (QED) is 0.811. The number of aromatic nitrogens is 1. The number of piperazine rings is 1. The van der Waals surface area contributed by atoms with Gasteiger partial charge >= 0.3 is 5.97 Å². The van der Waals surface area contributed by atoms with Crippen molar-refractivity contribution in [1.82, 2.24) is 14.8 Å². The fraction of sp³-hybridized carbons (Fsp3) is 0.458. The highest BCUT2D eigenvalue weighted by Gasteiger charge is 2.37. The van der Waals surface area contributed by atoms with Gasteiger partial charge in [0.25, 0.3) is 5.91 Å². The zero-order chi connectivity index (χ0) is 22.1. The first-order chi connectivity index (χ1) is 14.9. The number of carbonyl (C=O) groups is 2. The number of amides is 1. The van der Waals surface area contributed by atoms with Gasteiger partial charge in [-0.1, -0.05) is 6.07 Å². The number of carboxylic acids is 1. The van der Waals surface area contributed by atoms with Gasteiger partial charge in [-0.05, 0) is 68.0 Å². The Kier molecular flexibility index (Phi) is 5.96.